The number of carbonyl (C=O) groups is 1. The number of hydrogen-bond acceptors (Lipinski definition) is 3. The summed E-state index contributed by atoms with van der Waals surface area (Å²) in [4.78, 5) is 16.0. The van der Waals surface area contributed by atoms with Crippen molar-refractivity contribution in [3.05, 3.63) is 35.6 Å². The minimum absolute atomic E-state index is 0.334. The predicted molar refractivity (Wildman–Crippen MR) is 79.7 cm³/mol. The number of nitrogens with zero attached hydrogens (tertiary/aromatic N) is 2. The van der Waals surface area contributed by atoms with Crippen molar-refractivity contribution in [3.63, 3.8) is 0 Å². The Kier molecular flexibility index (Phi) is 5.31. The first-order chi connectivity index (χ1) is 10.0. The van der Waals surface area contributed by atoms with Crippen molar-refractivity contribution >= 4 is 5.97 Å². The van der Waals surface area contributed by atoms with E-state index in [1.807, 2.05) is 4.90 Å². The molecule has 1 aliphatic heterocycles. The topological polar surface area (TPSA) is 43.8 Å². The summed E-state index contributed by atoms with van der Waals surface area (Å²) in [5.74, 6) is -1.22. The van der Waals surface area contributed by atoms with E-state index in [0.29, 0.717) is 18.2 Å². The number of carboxylic acids is 1. The van der Waals surface area contributed by atoms with Gasteiger partial charge in [0.15, 0.2) is 0 Å². The van der Waals surface area contributed by atoms with Crippen LogP contribution >= 0.6 is 0 Å². The van der Waals surface area contributed by atoms with Gasteiger partial charge >= 0.3 is 5.97 Å². The highest BCUT2D eigenvalue weighted by atomic mass is 19.1. The zero-order valence-electron chi connectivity index (χ0n) is 12.6. The normalized spacial score (nSPS) is 22.1. The summed E-state index contributed by atoms with van der Waals surface area (Å²) in [7, 11) is 0. The molecule has 2 atom stereocenters. The van der Waals surface area contributed by atoms with Gasteiger partial charge in [0.2, 0.25) is 0 Å². The Labute approximate surface area is 125 Å². The SMILES string of the molecule is CCCN1CCN(C(C(=O)O)c2ccc(F)cc2)CC1C. The minimum Gasteiger partial charge on any atom is -0.480 e. The van der Waals surface area contributed by atoms with Gasteiger partial charge in [0, 0.05) is 25.7 Å². The lowest BCUT2D eigenvalue weighted by molar-refractivity contribution is -0.144. The second kappa shape index (κ2) is 7.00. The third kappa shape index (κ3) is 3.80. The summed E-state index contributed by atoms with van der Waals surface area (Å²) in [6, 6.07) is 5.41. The van der Waals surface area contributed by atoms with Crippen LogP contribution in [0.25, 0.3) is 0 Å². The molecule has 1 aromatic carbocycles. The minimum atomic E-state index is -0.877. The van der Waals surface area contributed by atoms with Gasteiger partial charge in [-0.1, -0.05) is 19.1 Å². The van der Waals surface area contributed by atoms with Crippen LogP contribution in [0.15, 0.2) is 24.3 Å². The number of hydrogen-bond donors (Lipinski definition) is 1. The fourth-order valence-electron chi connectivity index (χ4n) is 3.03. The molecule has 5 heteroatoms. The van der Waals surface area contributed by atoms with Crippen molar-refractivity contribution in [2.24, 2.45) is 0 Å². The number of aliphatic carboxylic acids is 1. The van der Waals surface area contributed by atoms with Gasteiger partial charge in [0.1, 0.15) is 11.9 Å². The molecule has 1 heterocycles. The summed E-state index contributed by atoms with van der Waals surface area (Å²) in [6.07, 6.45) is 1.10. The smallest absolute Gasteiger partial charge is 0.325 e. The first-order valence-corrected chi connectivity index (χ1v) is 7.49. The third-order valence-corrected chi connectivity index (χ3v) is 4.09. The van der Waals surface area contributed by atoms with Crippen LogP contribution in [0.4, 0.5) is 4.39 Å². The van der Waals surface area contributed by atoms with Crippen LogP contribution in [0.2, 0.25) is 0 Å². The Bertz CT molecular complexity index is 478. The lowest BCUT2D eigenvalue weighted by Gasteiger charge is -2.42. The predicted octanol–water partition coefficient (Wildman–Crippen LogP) is 2.37. The average molecular weight is 294 g/mol. The van der Waals surface area contributed by atoms with Crippen molar-refractivity contribution < 1.29 is 14.3 Å². The van der Waals surface area contributed by atoms with E-state index in [0.717, 1.165) is 26.1 Å². The van der Waals surface area contributed by atoms with Crippen molar-refractivity contribution in [2.75, 3.05) is 26.2 Å². The number of halogens is 1. The van der Waals surface area contributed by atoms with Crippen molar-refractivity contribution in [1.82, 2.24) is 9.80 Å². The molecular formula is C16H23FN2O2. The molecule has 1 aromatic rings. The highest BCUT2D eigenvalue weighted by molar-refractivity contribution is 5.75. The molecule has 0 bridgehead atoms. The molecule has 0 aliphatic carbocycles. The molecule has 0 saturated carbocycles. The van der Waals surface area contributed by atoms with Gasteiger partial charge in [0.25, 0.3) is 0 Å². The van der Waals surface area contributed by atoms with Gasteiger partial charge in [-0.05, 0) is 37.6 Å². The molecule has 2 unspecified atom stereocenters. The molecule has 21 heavy (non-hydrogen) atoms. The van der Waals surface area contributed by atoms with Gasteiger partial charge in [0.05, 0.1) is 0 Å². The molecule has 0 amide bonds. The molecule has 1 fully saturated rings. The maximum atomic E-state index is 13.0. The number of benzene rings is 1. The van der Waals surface area contributed by atoms with Crippen LogP contribution in [0, 0.1) is 5.82 Å². The van der Waals surface area contributed by atoms with Gasteiger partial charge < -0.3 is 5.11 Å². The van der Waals surface area contributed by atoms with E-state index in [2.05, 4.69) is 18.7 Å². The van der Waals surface area contributed by atoms with Crippen LogP contribution in [0.5, 0.6) is 0 Å². The fraction of sp³-hybridized carbons (Fsp3) is 0.562. The summed E-state index contributed by atoms with van der Waals surface area (Å²) in [6.45, 7) is 7.64. The third-order valence-electron chi connectivity index (χ3n) is 4.09. The molecule has 2 rings (SSSR count). The van der Waals surface area contributed by atoms with E-state index in [4.69, 9.17) is 0 Å². The largest absolute Gasteiger partial charge is 0.480 e. The van der Waals surface area contributed by atoms with Crippen LogP contribution < -0.4 is 0 Å². The molecule has 1 saturated heterocycles. The molecule has 1 N–H and O–H groups in total. The maximum absolute atomic E-state index is 13.0. The summed E-state index contributed by atoms with van der Waals surface area (Å²) < 4.78 is 13.0. The summed E-state index contributed by atoms with van der Waals surface area (Å²) in [5.41, 5.74) is 0.639. The Balaban J connectivity index is 2.13. The van der Waals surface area contributed by atoms with Crippen LogP contribution in [-0.2, 0) is 4.79 Å². The quantitative estimate of drug-likeness (QED) is 0.905. The van der Waals surface area contributed by atoms with Gasteiger partial charge in [-0.2, -0.15) is 0 Å². The van der Waals surface area contributed by atoms with Crippen LogP contribution in [0.3, 0.4) is 0 Å². The van der Waals surface area contributed by atoms with E-state index in [1.54, 1.807) is 12.1 Å². The van der Waals surface area contributed by atoms with E-state index < -0.39 is 12.0 Å². The number of piperazine rings is 1. The Morgan fingerprint density at radius 3 is 2.57 bits per heavy atom. The molecular weight excluding hydrogens is 271 g/mol. The van der Waals surface area contributed by atoms with Crippen LogP contribution in [-0.4, -0.2) is 53.1 Å². The van der Waals surface area contributed by atoms with E-state index >= 15 is 0 Å². The zero-order valence-corrected chi connectivity index (χ0v) is 12.6. The van der Waals surface area contributed by atoms with Crippen LogP contribution in [0.1, 0.15) is 31.9 Å². The fourth-order valence-corrected chi connectivity index (χ4v) is 3.03. The molecule has 1 aliphatic rings. The first-order valence-electron chi connectivity index (χ1n) is 7.49. The van der Waals surface area contributed by atoms with E-state index in [9.17, 15) is 14.3 Å². The zero-order chi connectivity index (χ0) is 15.4. The van der Waals surface area contributed by atoms with Crippen molar-refractivity contribution in [1.29, 1.82) is 0 Å². The standard InChI is InChI=1S/C16H23FN2O2/c1-3-8-18-9-10-19(11-12(18)2)15(16(20)21)13-4-6-14(17)7-5-13/h4-7,12,15H,3,8-11H2,1-2H3,(H,20,21). The average Bonchev–Trinajstić information content (AvgIpc) is 2.44. The maximum Gasteiger partial charge on any atom is 0.325 e. The second-order valence-corrected chi connectivity index (χ2v) is 5.67. The Morgan fingerprint density at radius 1 is 1.38 bits per heavy atom. The van der Waals surface area contributed by atoms with E-state index in [-0.39, 0.29) is 5.82 Å². The Hall–Kier alpha value is -1.46. The van der Waals surface area contributed by atoms with Gasteiger partial charge in [-0.15, -0.1) is 0 Å². The molecule has 4 nitrogen and oxygen atoms in total. The molecule has 0 aromatic heterocycles. The highest BCUT2D eigenvalue weighted by Gasteiger charge is 2.32. The molecule has 0 spiro atoms. The highest BCUT2D eigenvalue weighted by Crippen LogP contribution is 2.24. The van der Waals surface area contributed by atoms with Gasteiger partial charge in [-0.3, -0.25) is 14.6 Å². The lowest BCUT2D eigenvalue weighted by Crippen LogP contribution is -2.53. The summed E-state index contributed by atoms with van der Waals surface area (Å²) >= 11 is 0. The second-order valence-electron chi connectivity index (χ2n) is 5.67. The molecule has 0 radical (unpaired) electrons. The number of rotatable bonds is 5. The van der Waals surface area contributed by atoms with Gasteiger partial charge in [-0.25, -0.2) is 4.39 Å². The lowest BCUT2D eigenvalue weighted by atomic mass is 10.0. The molecule has 116 valence electrons. The number of carboxylic acid groups (broad SMARTS) is 1. The van der Waals surface area contributed by atoms with Crippen molar-refractivity contribution in [3.8, 4) is 0 Å². The van der Waals surface area contributed by atoms with Crippen molar-refractivity contribution in [2.45, 2.75) is 32.4 Å². The Morgan fingerprint density at radius 2 is 2.05 bits per heavy atom. The van der Waals surface area contributed by atoms with E-state index in [1.165, 1.54) is 12.1 Å². The monoisotopic (exact) mass is 294 g/mol. The first kappa shape index (κ1) is 15.9. The summed E-state index contributed by atoms with van der Waals surface area (Å²) in [5, 5.41) is 9.55.